The summed E-state index contributed by atoms with van der Waals surface area (Å²) in [4.78, 5) is 13.0. The maximum absolute atomic E-state index is 13.0. The Morgan fingerprint density at radius 1 is 1.16 bits per heavy atom. The Balaban J connectivity index is 1.35. The molecule has 1 amide bonds. The van der Waals surface area contributed by atoms with E-state index in [-0.39, 0.29) is 30.3 Å². The highest BCUT2D eigenvalue weighted by molar-refractivity contribution is 6.62. The minimum Gasteiger partial charge on any atom is -0.399 e. The van der Waals surface area contributed by atoms with Gasteiger partial charge in [0.05, 0.1) is 34.5 Å². The van der Waals surface area contributed by atoms with Crippen LogP contribution in [-0.4, -0.2) is 33.8 Å². The average Bonchev–Trinajstić information content (AvgIpc) is 3.35. The second-order valence-electron chi connectivity index (χ2n) is 9.70. The summed E-state index contributed by atoms with van der Waals surface area (Å²) >= 11 is 0. The molecule has 0 bridgehead atoms. The van der Waals surface area contributed by atoms with E-state index in [0.29, 0.717) is 5.56 Å². The van der Waals surface area contributed by atoms with Crippen molar-refractivity contribution in [3.05, 3.63) is 65.0 Å². The lowest BCUT2D eigenvalue weighted by atomic mass is 9.78. The monoisotopic (exact) mass is 417 g/mol. The Hall–Kier alpha value is -2.64. The Morgan fingerprint density at radius 3 is 2.65 bits per heavy atom. The third-order valence-corrected chi connectivity index (χ3v) is 7.00. The van der Waals surface area contributed by atoms with E-state index < -0.39 is 0 Å². The first-order valence-corrected chi connectivity index (χ1v) is 10.9. The van der Waals surface area contributed by atoms with Gasteiger partial charge in [-0.15, -0.1) is 0 Å². The summed E-state index contributed by atoms with van der Waals surface area (Å²) in [5.41, 5.74) is 5.25. The molecule has 2 aliphatic rings. The standard InChI is InChI=1S/C24H28BN3O3/c1-15-10-11-28-21(12-15)19(14-26-28)22(29)27-20-9-6-16-13-17(7-8-18(16)20)25-30-23(2,3)24(4,5)31-25/h7-8,10-14,20H,6,9H2,1-5H3,(H,27,29). The third kappa shape index (κ3) is 3.36. The molecule has 1 N–H and O–H groups in total. The molecule has 1 aromatic carbocycles. The van der Waals surface area contributed by atoms with Crippen molar-refractivity contribution < 1.29 is 14.1 Å². The van der Waals surface area contributed by atoms with Crippen LogP contribution in [0.2, 0.25) is 0 Å². The van der Waals surface area contributed by atoms with E-state index in [1.54, 1.807) is 10.7 Å². The fourth-order valence-corrected chi connectivity index (χ4v) is 4.41. The first-order chi connectivity index (χ1) is 14.6. The molecule has 1 fully saturated rings. The number of benzene rings is 1. The molecule has 1 atom stereocenters. The van der Waals surface area contributed by atoms with Gasteiger partial charge in [0.1, 0.15) is 0 Å². The molecule has 160 valence electrons. The average molecular weight is 417 g/mol. The van der Waals surface area contributed by atoms with Crippen LogP contribution in [0.15, 0.2) is 42.7 Å². The number of hydrogen-bond acceptors (Lipinski definition) is 4. The number of aryl methyl sites for hydroxylation is 2. The van der Waals surface area contributed by atoms with Gasteiger partial charge in [-0.3, -0.25) is 4.79 Å². The van der Waals surface area contributed by atoms with E-state index in [1.165, 1.54) is 11.1 Å². The van der Waals surface area contributed by atoms with Crippen molar-refractivity contribution in [2.45, 2.75) is 64.7 Å². The van der Waals surface area contributed by atoms with Gasteiger partial charge in [0.15, 0.2) is 0 Å². The van der Waals surface area contributed by atoms with Crippen LogP contribution in [0.3, 0.4) is 0 Å². The fraction of sp³-hybridized carbons (Fsp3) is 0.417. The summed E-state index contributed by atoms with van der Waals surface area (Å²) < 4.78 is 14.1. The van der Waals surface area contributed by atoms with Gasteiger partial charge < -0.3 is 14.6 Å². The maximum Gasteiger partial charge on any atom is 0.494 e. The third-order valence-electron chi connectivity index (χ3n) is 7.00. The normalized spacial score (nSPS) is 21.5. The second-order valence-corrected chi connectivity index (χ2v) is 9.70. The van der Waals surface area contributed by atoms with Crippen molar-refractivity contribution in [3.8, 4) is 0 Å². The van der Waals surface area contributed by atoms with Gasteiger partial charge in [-0.05, 0) is 81.7 Å². The minimum atomic E-state index is -0.369. The zero-order valence-corrected chi connectivity index (χ0v) is 18.7. The van der Waals surface area contributed by atoms with Crippen LogP contribution in [0, 0.1) is 6.92 Å². The highest BCUT2D eigenvalue weighted by atomic mass is 16.7. The van der Waals surface area contributed by atoms with E-state index in [0.717, 1.165) is 29.4 Å². The van der Waals surface area contributed by atoms with Crippen molar-refractivity contribution in [1.82, 2.24) is 14.9 Å². The fourth-order valence-electron chi connectivity index (χ4n) is 4.41. The first kappa shape index (κ1) is 20.3. The number of fused-ring (bicyclic) bond motifs is 2. The van der Waals surface area contributed by atoms with Gasteiger partial charge in [0.25, 0.3) is 5.91 Å². The summed E-state index contributed by atoms with van der Waals surface area (Å²) in [7, 11) is -0.369. The topological polar surface area (TPSA) is 64.9 Å². The number of nitrogens with zero attached hydrogens (tertiary/aromatic N) is 2. The predicted molar refractivity (Wildman–Crippen MR) is 121 cm³/mol. The van der Waals surface area contributed by atoms with E-state index in [9.17, 15) is 4.79 Å². The van der Waals surface area contributed by atoms with Crippen LogP contribution >= 0.6 is 0 Å². The molecular formula is C24H28BN3O3. The molecule has 2 aromatic heterocycles. The summed E-state index contributed by atoms with van der Waals surface area (Å²) in [6.07, 6.45) is 5.32. The van der Waals surface area contributed by atoms with Crippen LogP contribution in [0.5, 0.6) is 0 Å². The number of amides is 1. The molecule has 7 heteroatoms. The molecule has 0 radical (unpaired) electrons. The van der Waals surface area contributed by atoms with Crippen LogP contribution < -0.4 is 10.8 Å². The van der Waals surface area contributed by atoms with Gasteiger partial charge in [-0.1, -0.05) is 18.2 Å². The minimum absolute atomic E-state index is 0.00499. The molecule has 1 saturated heterocycles. The maximum atomic E-state index is 13.0. The SMILES string of the molecule is Cc1ccn2ncc(C(=O)NC3CCc4cc(B5OC(C)(C)C(C)(C)O5)ccc43)c2c1. The van der Waals surface area contributed by atoms with Crippen LogP contribution in [0.1, 0.15) is 67.2 Å². The van der Waals surface area contributed by atoms with Crippen LogP contribution in [0.4, 0.5) is 0 Å². The highest BCUT2D eigenvalue weighted by Gasteiger charge is 2.51. The molecule has 3 heterocycles. The summed E-state index contributed by atoms with van der Waals surface area (Å²) in [6, 6.07) is 10.3. The van der Waals surface area contributed by atoms with Crippen molar-refractivity contribution >= 4 is 24.0 Å². The molecule has 0 spiro atoms. The molecule has 6 nitrogen and oxygen atoms in total. The summed E-state index contributed by atoms with van der Waals surface area (Å²) in [5.74, 6) is -0.0894. The lowest BCUT2D eigenvalue weighted by Crippen LogP contribution is -2.41. The Morgan fingerprint density at radius 2 is 1.90 bits per heavy atom. The lowest BCUT2D eigenvalue weighted by Gasteiger charge is -2.32. The van der Waals surface area contributed by atoms with Crippen molar-refractivity contribution in [2.75, 3.05) is 0 Å². The Labute approximate surface area is 183 Å². The molecule has 0 saturated carbocycles. The van der Waals surface area contributed by atoms with Crippen molar-refractivity contribution in [2.24, 2.45) is 0 Å². The quantitative estimate of drug-likeness (QED) is 0.664. The molecule has 1 aliphatic carbocycles. The molecule has 1 aliphatic heterocycles. The van der Waals surface area contributed by atoms with Crippen molar-refractivity contribution in [3.63, 3.8) is 0 Å². The lowest BCUT2D eigenvalue weighted by molar-refractivity contribution is 0.00578. The summed E-state index contributed by atoms with van der Waals surface area (Å²) in [5, 5.41) is 7.52. The molecule has 5 rings (SSSR count). The number of nitrogens with one attached hydrogen (secondary N) is 1. The van der Waals surface area contributed by atoms with Crippen molar-refractivity contribution in [1.29, 1.82) is 0 Å². The Kier molecular flexibility index (Phi) is 4.54. The van der Waals surface area contributed by atoms with E-state index in [2.05, 4.69) is 56.3 Å². The number of pyridine rings is 1. The summed E-state index contributed by atoms with van der Waals surface area (Å²) in [6.45, 7) is 10.3. The molecule has 1 unspecified atom stereocenters. The number of carbonyl (C=O) groups is 1. The molecule has 31 heavy (non-hydrogen) atoms. The zero-order chi connectivity index (χ0) is 22.0. The largest absolute Gasteiger partial charge is 0.494 e. The highest BCUT2D eigenvalue weighted by Crippen LogP contribution is 2.37. The smallest absolute Gasteiger partial charge is 0.399 e. The van der Waals surface area contributed by atoms with Crippen LogP contribution in [-0.2, 0) is 15.7 Å². The van der Waals surface area contributed by atoms with Gasteiger partial charge >= 0.3 is 7.12 Å². The number of aromatic nitrogens is 2. The van der Waals surface area contributed by atoms with E-state index in [4.69, 9.17) is 9.31 Å². The van der Waals surface area contributed by atoms with E-state index >= 15 is 0 Å². The van der Waals surface area contributed by atoms with Gasteiger partial charge in [0.2, 0.25) is 0 Å². The first-order valence-electron chi connectivity index (χ1n) is 10.9. The van der Waals surface area contributed by atoms with E-state index in [1.807, 2.05) is 25.3 Å². The number of carbonyl (C=O) groups excluding carboxylic acids is 1. The molecular weight excluding hydrogens is 389 g/mol. The van der Waals surface area contributed by atoms with Gasteiger partial charge in [-0.25, -0.2) is 4.52 Å². The number of rotatable bonds is 3. The van der Waals surface area contributed by atoms with Crippen LogP contribution in [0.25, 0.3) is 5.52 Å². The van der Waals surface area contributed by atoms with Gasteiger partial charge in [-0.2, -0.15) is 5.10 Å². The predicted octanol–water partition coefficient (Wildman–Crippen LogP) is 3.36. The van der Waals surface area contributed by atoms with Gasteiger partial charge in [0, 0.05) is 6.20 Å². The zero-order valence-electron chi connectivity index (χ0n) is 18.7. The Bertz CT molecular complexity index is 1170. The molecule has 3 aromatic rings. The second kappa shape index (κ2) is 6.94. The number of hydrogen-bond donors (Lipinski definition) is 1.